The first-order valence-corrected chi connectivity index (χ1v) is 5.70. The molecule has 1 amide bonds. The fourth-order valence-corrected chi connectivity index (χ4v) is 1.74. The monoisotopic (exact) mass is 259 g/mol. The molecule has 0 aliphatic rings. The Morgan fingerprint density at radius 3 is 2.47 bits per heavy atom. The molecule has 98 valence electrons. The van der Waals surface area contributed by atoms with Gasteiger partial charge < -0.3 is 16.8 Å². The molecular weight excluding hydrogens is 245 g/mol. The zero-order chi connectivity index (χ0) is 14.0. The van der Waals surface area contributed by atoms with E-state index < -0.39 is 11.7 Å². The second kappa shape index (κ2) is 4.97. The van der Waals surface area contributed by atoms with Crippen molar-refractivity contribution in [3.8, 4) is 0 Å². The van der Waals surface area contributed by atoms with Gasteiger partial charge in [0.05, 0.1) is 16.9 Å². The summed E-state index contributed by atoms with van der Waals surface area (Å²) >= 11 is 0. The number of nitrogens with one attached hydrogen (secondary N) is 1. The van der Waals surface area contributed by atoms with E-state index >= 15 is 0 Å². The zero-order valence-corrected chi connectivity index (χ0v) is 10.4. The molecule has 2 rings (SSSR count). The number of anilines is 3. The summed E-state index contributed by atoms with van der Waals surface area (Å²) in [6.45, 7) is 1.80. The average molecular weight is 259 g/mol. The minimum absolute atomic E-state index is 0.222. The molecule has 4 nitrogen and oxygen atoms in total. The molecule has 0 aliphatic heterocycles. The van der Waals surface area contributed by atoms with Gasteiger partial charge in [0.15, 0.2) is 0 Å². The molecule has 0 atom stereocenters. The molecule has 0 saturated carbocycles. The van der Waals surface area contributed by atoms with E-state index in [1.165, 1.54) is 12.1 Å². The number of halogens is 1. The van der Waals surface area contributed by atoms with Gasteiger partial charge >= 0.3 is 0 Å². The van der Waals surface area contributed by atoms with Crippen molar-refractivity contribution in [3.05, 3.63) is 53.3 Å². The molecule has 0 heterocycles. The van der Waals surface area contributed by atoms with E-state index in [1.807, 2.05) is 0 Å². The Kier molecular flexibility index (Phi) is 3.37. The van der Waals surface area contributed by atoms with Gasteiger partial charge in [-0.2, -0.15) is 0 Å². The van der Waals surface area contributed by atoms with Crippen molar-refractivity contribution < 1.29 is 9.18 Å². The van der Waals surface area contributed by atoms with E-state index in [2.05, 4.69) is 5.32 Å². The smallest absolute Gasteiger partial charge is 0.250 e. The predicted molar refractivity (Wildman–Crippen MR) is 73.8 cm³/mol. The first-order valence-electron chi connectivity index (χ1n) is 5.70. The Morgan fingerprint density at radius 2 is 1.84 bits per heavy atom. The molecule has 0 fully saturated rings. The zero-order valence-electron chi connectivity index (χ0n) is 10.4. The summed E-state index contributed by atoms with van der Waals surface area (Å²) in [5, 5.41) is 2.85. The lowest BCUT2D eigenvalue weighted by Crippen LogP contribution is -2.14. The number of hydrogen-bond donors (Lipinski definition) is 3. The van der Waals surface area contributed by atoms with Gasteiger partial charge in [0.25, 0.3) is 5.91 Å². The molecule has 19 heavy (non-hydrogen) atoms. The predicted octanol–water partition coefficient (Wildman–Crippen LogP) is 2.56. The van der Waals surface area contributed by atoms with Crippen LogP contribution in [0.25, 0.3) is 0 Å². The summed E-state index contributed by atoms with van der Waals surface area (Å²) in [5.41, 5.74) is 13.0. The number of benzene rings is 2. The number of primary amides is 1. The van der Waals surface area contributed by atoms with Crippen molar-refractivity contribution >= 4 is 23.0 Å². The minimum atomic E-state index is -0.623. The summed E-state index contributed by atoms with van der Waals surface area (Å²) < 4.78 is 13.7. The topological polar surface area (TPSA) is 81.1 Å². The second-order valence-corrected chi connectivity index (χ2v) is 4.28. The summed E-state index contributed by atoms with van der Waals surface area (Å²) in [7, 11) is 0. The number of rotatable bonds is 3. The standard InChI is InChI=1S/C14H14FN3O/c1-8-2-4-13(11(15)6-8)18-12-5-3-9(16)7-10(12)14(17)19/h2-7,18H,16H2,1H3,(H2,17,19). The Labute approximate surface area is 110 Å². The number of nitrogens with two attached hydrogens (primary N) is 2. The average Bonchev–Trinajstić information content (AvgIpc) is 2.34. The van der Waals surface area contributed by atoms with Crippen LogP contribution in [0.4, 0.5) is 21.5 Å². The van der Waals surface area contributed by atoms with Crippen LogP contribution in [0, 0.1) is 12.7 Å². The first kappa shape index (κ1) is 12.9. The van der Waals surface area contributed by atoms with Gasteiger partial charge in [-0.15, -0.1) is 0 Å². The van der Waals surface area contributed by atoms with Crippen LogP contribution in [0.1, 0.15) is 15.9 Å². The number of carbonyl (C=O) groups excluding carboxylic acids is 1. The van der Waals surface area contributed by atoms with Crippen LogP contribution in [0.2, 0.25) is 0 Å². The Bertz CT molecular complexity index is 641. The van der Waals surface area contributed by atoms with Crippen molar-refractivity contribution in [3.63, 3.8) is 0 Å². The van der Waals surface area contributed by atoms with E-state index in [0.29, 0.717) is 11.4 Å². The van der Waals surface area contributed by atoms with Crippen LogP contribution < -0.4 is 16.8 Å². The number of aryl methyl sites for hydroxylation is 1. The van der Waals surface area contributed by atoms with Crippen LogP contribution in [-0.2, 0) is 0 Å². The summed E-state index contributed by atoms with van der Waals surface area (Å²) in [6, 6.07) is 9.44. The lowest BCUT2D eigenvalue weighted by atomic mass is 10.1. The van der Waals surface area contributed by atoms with Gasteiger partial charge in [0, 0.05) is 5.69 Å². The molecule has 2 aromatic carbocycles. The van der Waals surface area contributed by atoms with Crippen LogP contribution in [-0.4, -0.2) is 5.91 Å². The molecule has 5 N–H and O–H groups in total. The second-order valence-electron chi connectivity index (χ2n) is 4.28. The largest absolute Gasteiger partial charge is 0.399 e. The van der Waals surface area contributed by atoms with Crippen molar-refractivity contribution in [1.82, 2.24) is 0 Å². The molecule has 0 saturated heterocycles. The summed E-state index contributed by atoms with van der Waals surface area (Å²) in [5.74, 6) is -1.02. The van der Waals surface area contributed by atoms with Crippen molar-refractivity contribution in [2.24, 2.45) is 5.73 Å². The molecular formula is C14H14FN3O. The number of nitrogen functional groups attached to an aromatic ring is 1. The Hall–Kier alpha value is -2.56. The van der Waals surface area contributed by atoms with Gasteiger partial charge in [-0.05, 0) is 42.8 Å². The third-order valence-corrected chi connectivity index (χ3v) is 2.70. The molecule has 5 heteroatoms. The van der Waals surface area contributed by atoms with Crippen LogP contribution in [0.3, 0.4) is 0 Å². The van der Waals surface area contributed by atoms with Gasteiger partial charge in [-0.25, -0.2) is 4.39 Å². The van der Waals surface area contributed by atoms with Crippen LogP contribution in [0.5, 0.6) is 0 Å². The van der Waals surface area contributed by atoms with E-state index in [0.717, 1.165) is 5.56 Å². The highest BCUT2D eigenvalue weighted by Gasteiger charge is 2.10. The molecule has 0 spiro atoms. The summed E-state index contributed by atoms with van der Waals surface area (Å²) in [6.07, 6.45) is 0. The molecule has 0 radical (unpaired) electrons. The molecule has 2 aromatic rings. The lowest BCUT2D eigenvalue weighted by Gasteiger charge is -2.12. The molecule has 0 aromatic heterocycles. The fourth-order valence-electron chi connectivity index (χ4n) is 1.74. The fraction of sp³-hybridized carbons (Fsp3) is 0.0714. The van der Waals surface area contributed by atoms with Gasteiger partial charge in [0.2, 0.25) is 0 Å². The molecule has 0 unspecified atom stereocenters. The van der Waals surface area contributed by atoms with E-state index in [9.17, 15) is 9.18 Å². The van der Waals surface area contributed by atoms with Crippen LogP contribution in [0.15, 0.2) is 36.4 Å². The highest BCUT2D eigenvalue weighted by atomic mass is 19.1. The number of carbonyl (C=O) groups is 1. The van der Waals surface area contributed by atoms with Gasteiger partial charge in [0.1, 0.15) is 5.82 Å². The maximum atomic E-state index is 13.7. The van der Waals surface area contributed by atoms with Crippen molar-refractivity contribution in [1.29, 1.82) is 0 Å². The van der Waals surface area contributed by atoms with Crippen molar-refractivity contribution in [2.75, 3.05) is 11.1 Å². The molecule has 0 bridgehead atoms. The normalized spacial score (nSPS) is 10.2. The highest BCUT2D eigenvalue weighted by Crippen LogP contribution is 2.25. The highest BCUT2D eigenvalue weighted by molar-refractivity contribution is 6.00. The van der Waals surface area contributed by atoms with Gasteiger partial charge in [-0.3, -0.25) is 4.79 Å². The quantitative estimate of drug-likeness (QED) is 0.741. The Morgan fingerprint density at radius 1 is 1.16 bits per heavy atom. The van der Waals surface area contributed by atoms with E-state index in [-0.39, 0.29) is 11.3 Å². The summed E-state index contributed by atoms with van der Waals surface area (Å²) in [4.78, 5) is 11.3. The first-order chi connectivity index (χ1) is 8.97. The maximum absolute atomic E-state index is 13.7. The lowest BCUT2D eigenvalue weighted by molar-refractivity contribution is 0.100. The third kappa shape index (κ3) is 2.82. The van der Waals surface area contributed by atoms with Crippen LogP contribution >= 0.6 is 0 Å². The third-order valence-electron chi connectivity index (χ3n) is 2.70. The van der Waals surface area contributed by atoms with E-state index in [1.54, 1.807) is 31.2 Å². The minimum Gasteiger partial charge on any atom is -0.399 e. The van der Waals surface area contributed by atoms with E-state index in [4.69, 9.17) is 11.5 Å². The van der Waals surface area contributed by atoms with Crippen molar-refractivity contribution in [2.45, 2.75) is 6.92 Å². The number of amides is 1. The Balaban J connectivity index is 2.40. The maximum Gasteiger partial charge on any atom is 0.250 e. The SMILES string of the molecule is Cc1ccc(Nc2ccc(N)cc2C(N)=O)c(F)c1. The number of hydrogen-bond acceptors (Lipinski definition) is 3. The van der Waals surface area contributed by atoms with Gasteiger partial charge in [-0.1, -0.05) is 6.07 Å². The molecule has 0 aliphatic carbocycles.